The minimum Gasteiger partial charge on any atom is -0.439 e. The minimum atomic E-state index is -0.317. The molecule has 0 saturated heterocycles. The Morgan fingerprint density at radius 3 is 2.21 bits per heavy atom. The number of nitrogens with zero attached hydrogens (tertiary/aromatic N) is 5. The predicted molar refractivity (Wildman–Crippen MR) is 144 cm³/mol. The van der Waals surface area contributed by atoms with E-state index in [1.165, 1.54) is 4.90 Å². The quantitative estimate of drug-likeness (QED) is 0.332. The maximum atomic E-state index is 12.5. The Kier molecular flexibility index (Phi) is 6.93. The average molecular weight is 525 g/mol. The number of anilines is 1. The molecule has 2 aromatic heterocycles. The van der Waals surface area contributed by atoms with Crippen LogP contribution in [-0.4, -0.2) is 48.9 Å². The number of carbonyl (C=O) groups is 3. The van der Waals surface area contributed by atoms with E-state index in [2.05, 4.69) is 20.4 Å². The molecule has 1 aliphatic rings. The number of carbonyl (C=O) groups excluding carboxylic acids is 3. The van der Waals surface area contributed by atoms with E-state index in [9.17, 15) is 14.4 Å². The Labute approximate surface area is 225 Å². The van der Waals surface area contributed by atoms with Gasteiger partial charge < -0.3 is 10.1 Å². The lowest BCUT2D eigenvalue weighted by Crippen LogP contribution is -2.31. The second-order valence-electron chi connectivity index (χ2n) is 9.40. The van der Waals surface area contributed by atoms with Crippen molar-refractivity contribution in [3.63, 3.8) is 0 Å². The number of benzene rings is 2. The third-order valence-electron chi connectivity index (χ3n) is 6.70. The second-order valence-corrected chi connectivity index (χ2v) is 9.40. The van der Waals surface area contributed by atoms with Crippen LogP contribution in [-0.2, 0) is 4.79 Å². The van der Waals surface area contributed by atoms with Gasteiger partial charge in [-0.2, -0.15) is 10.1 Å². The second kappa shape index (κ2) is 10.5. The lowest BCUT2D eigenvalue weighted by atomic mass is 10.1. The Hall–Kier alpha value is -4.86. The van der Waals surface area contributed by atoms with Gasteiger partial charge in [-0.3, -0.25) is 19.3 Å². The molecule has 5 rings (SSSR count). The van der Waals surface area contributed by atoms with Crippen molar-refractivity contribution >= 4 is 23.4 Å². The van der Waals surface area contributed by atoms with Crippen LogP contribution in [0.2, 0.25) is 0 Å². The van der Waals surface area contributed by atoms with Crippen LogP contribution in [0.25, 0.3) is 5.82 Å². The molecule has 10 nitrogen and oxygen atoms in total. The lowest BCUT2D eigenvalue weighted by molar-refractivity contribution is -0.116. The third-order valence-corrected chi connectivity index (χ3v) is 6.70. The highest BCUT2D eigenvalue weighted by Gasteiger charge is 2.34. The first-order valence-corrected chi connectivity index (χ1v) is 12.6. The van der Waals surface area contributed by atoms with Crippen molar-refractivity contribution < 1.29 is 19.1 Å². The van der Waals surface area contributed by atoms with Gasteiger partial charge in [0.1, 0.15) is 11.6 Å². The van der Waals surface area contributed by atoms with Gasteiger partial charge in [0, 0.05) is 30.4 Å². The van der Waals surface area contributed by atoms with Gasteiger partial charge in [0.05, 0.1) is 16.8 Å². The van der Waals surface area contributed by atoms with Crippen molar-refractivity contribution in [2.75, 3.05) is 11.9 Å². The Morgan fingerprint density at radius 2 is 1.59 bits per heavy atom. The monoisotopic (exact) mass is 524 g/mol. The number of ether oxygens (including phenoxy) is 1. The van der Waals surface area contributed by atoms with E-state index < -0.39 is 0 Å². The van der Waals surface area contributed by atoms with Gasteiger partial charge >= 0.3 is 0 Å². The summed E-state index contributed by atoms with van der Waals surface area (Å²) < 4.78 is 7.73. The molecule has 3 heterocycles. The van der Waals surface area contributed by atoms with E-state index in [-0.39, 0.29) is 30.7 Å². The smallest absolute Gasteiger partial charge is 0.261 e. The standard InChI is InChI=1S/C29H28N6O4/c1-17-18(2)33-35(19(17)3)25-16-27(31-20(4)30-25)39-22-13-11-21(12-14-22)32-26(36)10-7-15-34-28(37)23-8-5-6-9-24(23)29(34)38/h5-6,8-9,11-14,16H,7,10,15H2,1-4H3,(H,32,36). The van der Waals surface area contributed by atoms with E-state index >= 15 is 0 Å². The highest BCUT2D eigenvalue weighted by atomic mass is 16.5. The fourth-order valence-corrected chi connectivity index (χ4v) is 4.42. The number of hydrogen-bond donors (Lipinski definition) is 1. The van der Waals surface area contributed by atoms with Crippen molar-refractivity contribution in [2.24, 2.45) is 0 Å². The normalized spacial score (nSPS) is 12.6. The number of aromatic nitrogens is 4. The summed E-state index contributed by atoms with van der Waals surface area (Å²) in [5.41, 5.74) is 4.46. The molecular formula is C29H28N6O4. The Bertz CT molecular complexity index is 1560. The zero-order chi connectivity index (χ0) is 27.7. The van der Waals surface area contributed by atoms with Gasteiger partial charge in [-0.1, -0.05) is 12.1 Å². The van der Waals surface area contributed by atoms with Crippen LogP contribution >= 0.6 is 0 Å². The van der Waals surface area contributed by atoms with Gasteiger partial charge in [0.25, 0.3) is 11.8 Å². The molecule has 0 radical (unpaired) electrons. The van der Waals surface area contributed by atoms with E-state index in [1.54, 1.807) is 66.2 Å². The molecule has 198 valence electrons. The molecule has 3 amide bonds. The third kappa shape index (κ3) is 5.26. The van der Waals surface area contributed by atoms with Crippen molar-refractivity contribution in [3.8, 4) is 17.4 Å². The maximum Gasteiger partial charge on any atom is 0.261 e. The number of aryl methyl sites for hydroxylation is 2. The number of imide groups is 1. The molecule has 1 N–H and O–H groups in total. The summed E-state index contributed by atoms with van der Waals surface area (Å²) >= 11 is 0. The highest BCUT2D eigenvalue weighted by molar-refractivity contribution is 6.21. The number of hydrogen-bond acceptors (Lipinski definition) is 7. The van der Waals surface area contributed by atoms with Gasteiger partial charge in [-0.25, -0.2) is 9.67 Å². The molecule has 0 unspecified atom stereocenters. The van der Waals surface area contributed by atoms with E-state index in [4.69, 9.17) is 4.74 Å². The number of nitrogens with one attached hydrogen (secondary N) is 1. The molecule has 4 aromatic rings. The van der Waals surface area contributed by atoms with Gasteiger partial charge in [0.2, 0.25) is 11.8 Å². The van der Waals surface area contributed by atoms with Crippen LogP contribution in [0.1, 0.15) is 56.3 Å². The number of amides is 3. The molecular weight excluding hydrogens is 496 g/mol. The Balaban J connectivity index is 1.16. The first-order chi connectivity index (χ1) is 18.7. The molecule has 0 bridgehead atoms. The average Bonchev–Trinajstić information content (AvgIpc) is 3.32. The highest BCUT2D eigenvalue weighted by Crippen LogP contribution is 2.25. The van der Waals surface area contributed by atoms with Crippen molar-refractivity contribution in [1.82, 2.24) is 24.6 Å². The van der Waals surface area contributed by atoms with Gasteiger partial charge in [-0.05, 0) is 76.1 Å². The molecule has 0 aliphatic carbocycles. The Morgan fingerprint density at radius 1 is 0.923 bits per heavy atom. The van der Waals surface area contributed by atoms with E-state index in [0.717, 1.165) is 17.0 Å². The summed E-state index contributed by atoms with van der Waals surface area (Å²) in [7, 11) is 0. The minimum absolute atomic E-state index is 0.167. The molecule has 0 fully saturated rings. The summed E-state index contributed by atoms with van der Waals surface area (Å²) in [6.07, 6.45) is 0.531. The van der Waals surface area contributed by atoms with E-state index in [1.807, 2.05) is 20.8 Å². The molecule has 0 saturated carbocycles. The molecule has 2 aromatic carbocycles. The molecule has 1 aliphatic heterocycles. The first-order valence-electron chi connectivity index (χ1n) is 12.6. The van der Waals surface area contributed by atoms with Crippen molar-refractivity contribution in [1.29, 1.82) is 0 Å². The number of fused-ring (bicyclic) bond motifs is 1. The molecule has 0 atom stereocenters. The van der Waals surface area contributed by atoms with Crippen molar-refractivity contribution in [3.05, 3.63) is 88.5 Å². The van der Waals surface area contributed by atoms with Crippen LogP contribution in [0.3, 0.4) is 0 Å². The summed E-state index contributed by atoms with van der Waals surface area (Å²) in [4.78, 5) is 47.4. The molecule has 0 spiro atoms. The van der Waals surface area contributed by atoms with Crippen LogP contribution in [0.5, 0.6) is 11.6 Å². The van der Waals surface area contributed by atoms with Crippen molar-refractivity contribution in [2.45, 2.75) is 40.5 Å². The predicted octanol–water partition coefficient (Wildman–Crippen LogP) is 4.70. The van der Waals surface area contributed by atoms with Crippen LogP contribution in [0, 0.1) is 27.7 Å². The summed E-state index contributed by atoms with van der Waals surface area (Å²) in [5.74, 6) is 1.26. The van der Waals surface area contributed by atoms with Gasteiger partial charge in [-0.15, -0.1) is 0 Å². The summed E-state index contributed by atoms with van der Waals surface area (Å²) in [6.45, 7) is 7.95. The fraction of sp³-hybridized carbons (Fsp3) is 0.241. The molecule has 39 heavy (non-hydrogen) atoms. The summed E-state index contributed by atoms with van der Waals surface area (Å²) in [5, 5.41) is 7.39. The SMILES string of the molecule is Cc1nc(Oc2ccc(NC(=O)CCCN3C(=O)c4ccccc4C3=O)cc2)cc(-n2nc(C)c(C)c2C)n1. The van der Waals surface area contributed by atoms with E-state index in [0.29, 0.717) is 46.5 Å². The first kappa shape index (κ1) is 25.8. The topological polar surface area (TPSA) is 119 Å². The maximum absolute atomic E-state index is 12.5. The largest absolute Gasteiger partial charge is 0.439 e. The fourth-order valence-electron chi connectivity index (χ4n) is 4.42. The van der Waals surface area contributed by atoms with Crippen LogP contribution in [0.15, 0.2) is 54.6 Å². The van der Waals surface area contributed by atoms with Gasteiger partial charge in [0.15, 0.2) is 5.82 Å². The number of rotatable bonds is 8. The zero-order valence-corrected chi connectivity index (χ0v) is 22.2. The zero-order valence-electron chi connectivity index (χ0n) is 22.2. The van der Waals surface area contributed by atoms with Crippen LogP contribution in [0.4, 0.5) is 5.69 Å². The summed E-state index contributed by atoms with van der Waals surface area (Å²) in [6, 6.07) is 15.4. The molecule has 10 heteroatoms. The lowest BCUT2D eigenvalue weighted by Gasteiger charge is -2.13. The van der Waals surface area contributed by atoms with Crippen LogP contribution < -0.4 is 10.1 Å².